The molecule has 0 saturated carbocycles. The number of rotatable bonds is 5. The maximum atomic E-state index is 12.3. The Morgan fingerprint density at radius 3 is 2.76 bits per heavy atom. The minimum Gasteiger partial charge on any atom is -0.369 e. The fraction of sp³-hybridized carbons (Fsp3) is 0.500. The summed E-state index contributed by atoms with van der Waals surface area (Å²) in [5, 5.41) is 0. The number of likely N-dealkylation sites (tertiary alicyclic amines) is 1. The molecular weight excluding hydrogens is 268 g/mol. The zero-order chi connectivity index (χ0) is 15.2. The van der Waals surface area contributed by atoms with Gasteiger partial charge in [-0.05, 0) is 25.3 Å². The summed E-state index contributed by atoms with van der Waals surface area (Å²) in [6.45, 7) is 3.23. The van der Waals surface area contributed by atoms with E-state index in [0.717, 1.165) is 18.4 Å². The van der Waals surface area contributed by atoms with Gasteiger partial charge in [-0.2, -0.15) is 0 Å². The number of piperidine rings is 1. The molecule has 0 aromatic heterocycles. The fourth-order valence-electron chi connectivity index (χ4n) is 2.53. The highest BCUT2D eigenvalue weighted by atomic mass is 16.5. The molecule has 2 amide bonds. The maximum absolute atomic E-state index is 12.3. The van der Waals surface area contributed by atoms with Crippen molar-refractivity contribution in [2.45, 2.75) is 32.5 Å². The molecule has 2 N–H and O–H groups in total. The molecule has 1 aromatic carbocycles. The first-order valence-electron chi connectivity index (χ1n) is 7.31. The van der Waals surface area contributed by atoms with Crippen molar-refractivity contribution < 1.29 is 14.3 Å². The largest absolute Gasteiger partial charge is 0.369 e. The molecule has 5 nitrogen and oxygen atoms in total. The van der Waals surface area contributed by atoms with Gasteiger partial charge in [0.2, 0.25) is 5.91 Å². The molecule has 0 aliphatic carbocycles. The predicted octanol–water partition coefficient (Wildman–Crippen LogP) is 1.32. The topological polar surface area (TPSA) is 72.6 Å². The molecule has 1 aliphatic heterocycles. The van der Waals surface area contributed by atoms with Crippen molar-refractivity contribution >= 4 is 11.8 Å². The highest BCUT2D eigenvalue weighted by Crippen LogP contribution is 2.17. The summed E-state index contributed by atoms with van der Waals surface area (Å²) in [6.07, 6.45) is 1.06. The molecule has 114 valence electrons. The maximum Gasteiger partial charge on any atom is 0.251 e. The summed E-state index contributed by atoms with van der Waals surface area (Å²) in [4.78, 5) is 25.3. The van der Waals surface area contributed by atoms with E-state index < -0.39 is 6.10 Å². The second kappa shape index (κ2) is 7.22. The van der Waals surface area contributed by atoms with Crippen molar-refractivity contribution in [1.29, 1.82) is 0 Å². The van der Waals surface area contributed by atoms with Crippen LogP contribution in [0.1, 0.15) is 25.3 Å². The Hall–Kier alpha value is -1.88. The van der Waals surface area contributed by atoms with E-state index in [0.29, 0.717) is 19.7 Å². The average Bonchev–Trinajstić information content (AvgIpc) is 2.53. The van der Waals surface area contributed by atoms with Crippen LogP contribution < -0.4 is 5.73 Å². The van der Waals surface area contributed by atoms with Gasteiger partial charge in [-0.25, -0.2) is 0 Å². The van der Waals surface area contributed by atoms with Crippen LogP contribution in [0.4, 0.5) is 0 Å². The van der Waals surface area contributed by atoms with Crippen molar-refractivity contribution in [1.82, 2.24) is 4.90 Å². The number of primary amides is 1. The van der Waals surface area contributed by atoms with Gasteiger partial charge in [-0.3, -0.25) is 9.59 Å². The number of nitrogens with two attached hydrogens (primary N) is 1. The van der Waals surface area contributed by atoms with Crippen molar-refractivity contribution in [2.24, 2.45) is 11.7 Å². The van der Waals surface area contributed by atoms with Crippen LogP contribution in [0.3, 0.4) is 0 Å². The third-order valence-corrected chi connectivity index (χ3v) is 3.83. The van der Waals surface area contributed by atoms with Crippen molar-refractivity contribution in [3.63, 3.8) is 0 Å². The van der Waals surface area contributed by atoms with E-state index in [-0.39, 0.29) is 17.7 Å². The van der Waals surface area contributed by atoms with Crippen molar-refractivity contribution in [3.05, 3.63) is 35.9 Å². The SMILES string of the molecule is C[C@@H](OCc1ccccc1)C(=O)N1CCC[C@H](C(N)=O)C1. The van der Waals surface area contributed by atoms with Crippen LogP contribution in [0.25, 0.3) is 0 Å². The second-order valence-corrected chi connectivity index (χ2v) is 5.46. The van der Waals surface area contributed by atoms with E-state index in [1.165, 1.54) is 0 Å². The molecule has 0 bridgehead atoms. The normalized spacial score (nSPS) is 20.0. The van der Waals surface area contributed by atoms with Gasteiger partial charge < -0.3 is 15.4 Å². The first-order chi connectivity index (χ1) is 10.1. The minimum atomic E-state index is -0.517. The number of benzene rings is 1. The Bertz CT molecular complexity index is 490. The fourth-order valence-corrected chi connectivity index (χ4v) is 2.53. The Labute approximate surface area is 125 Å². The molecular formula is C16H22N2O3. The number of hydrogen-bond donors (Lipinski definition) is 1. The quantitative estimate of drug-likeness (QED) is 0.888. The lowest BCUT2D eigenvalue weighted by Crippen LogP contribution is -2.47. The molecule has 1 aromatic rings. The molecule has 21 heavy (non-hydrogen) atoms. The summed E-state index contributed by atoms with van der Waals surface area (Å²) in [7, 11) is 0. The molecule has 2 atom stereocenters. The molecule has 0 radical (unpaired) electrons. The number of ether oxygens (including phenoxy) is 1. The minimum absolute atomic E-state index is 0.0723. The first kappa shape index (κ1) is 15.5. The Morgan fingerprint density at radius 2 is 2.10 bits per heavy atom. The third kappa shape index (κ3) is 4.29. The van der Waals surface area contributed by atoms with Crippen LogP contribution in [-0.2, 0) is 20.9 Å². The van der Waals surface area contributed by atoms with Crippen LogP contribution in [0.2, 0.25) is 0 Å². The van der Waals surface area contributed by atoms with Gasteiger partial charge in [0.1, 0.15) is 6.10 Å². The molecule has 5 heteroatoms. The van der Waals surface area contributed by atoms with Crippen LogP contribution in [0.5, 0.6) is 0 Å². The van der Waals surface area contributed by atoms with Gasteiger partial charge in [0.15, 0.2) is 0 Å². The number of hydrogen-bond acceptors (Lipinski definition) is 3. The van der Waals surface area contributed by atoms with Gasteiger partial charge in [-0.15, -0.1) is 0 Å². The number of amides is 2. The van der Waals surface area contributed by atoms with Crippen LogP contribution >= 0.6 is 0 Å². The smallest absolute Gasteiger partial charge is 0.251 e. The molecule has 1 aliphatic rings. The summed E-state index contributed by atoms with van der Waals surface area (Å²) in [6, 6.07) is 9.73. The van der Waals surface area contributed by atoms with Gasteiger partial charge in [-0.1, -0.05) is 30.3 Å². The standard InChI is InChI=1S/C16H22N2O3/c1-12(21-11-13-6-3-2-4-7-13)16(20)18-9-5-8-14(10-18)15(17)19/h2-4,6-7,12,14H,5,8-11H2,1H3,(H2,17,19)/t12-,14+/m1/s1. The molecule has 1 heterocycles. The van der Waals surface area contributed by atoms with E-state index in [1.54, 1.807) is 11.8 Å². The van der Waals surface area contributed by atoms with Crippen LogP contribution in [-0.4, -0.2) is 35.9 Å². The summed E-state index contributed by atoms with van der Waals surface area (Å²) in [5.41, 5.74) is 6.37. The molecule has 1 fully saturated rings. The highest BCUT2D eigenvalue weighted by molar-refractivity contribution is 5.82. The average molecular weight is 290 g/mol. The highest BCUT2D eigenvalue weighted by Gasteiger charge is 2.29. The predicted molar refractivity (Wildman–Crippen MR) is 79.2 cm³/mol. The zero-order valence-corrected chi connectivity index (χ0v) is 12.3. The Kier molecular flexibility index (Phi) is 5.33. The summed E-state index contributed by atoms with van der Waals surface area (Å²) >= 11 is 0. The van der Waals surface area contributed by atoms with Gasteiger partial charge in [0, 0.05) is 13.1 Å². The summed E-state index contributed by atoms with van der Waals surface area (Å²) in [5.74, 6) is -0.633. The number of carbonyl (C=O) groups is 2. The third-order valence-electron chi connectivity index (χ3n) is 3.83. The van der Waals surface area contributed by atoms with E-state index in [9.17, 15) is 9.59 Å². The lowest BCUT2D eigenvalue weighted by Gasteiger charge is -2.32. The first-order valence-corrected chi connectivity index (χ1v) is 7.31. The van der Waals surface area contributed by atoms with Crippen LogP contribution in [0.15, 0.2) is 30.3 Å². The Morgan fingerprint density at radius 1 is 1.38 bits per heavy atom. The number of nitrogens with zero attached hydrogens (tertiary/aromatic N) is 1. The Balaban J connectivity index is 1.85. The summed E-state index contributed by atoms with van der Waals surface area (Å²) < 4.78 is 5.63. The van der Waals surface area contributed by atoms with E-state index in [4.69, 9.17) is 10.5 Å². The van der Waals surface area contributed by atoms with E-state index in [1.807, 2.05) is 30.3 Å². The monoisotopic (exact) mass is 290 g/mol. The van der Waals surface area contributed by atoms with Crippen LogP contribution in [0, 0.1) is 5.92 Å². The van der Waals surface area contributed by atoms with Crippen molar-refractivity contribution in [3.8, 4) is 0 Å². The number of carbonyl (C=O) groups excluding carboxylic acids is 2. The van der Waals surface area contributed by atoms with Gasteiger partial charge in [0.05, 0.1) is 12.5 Å². The van der Waals surface area contributed by atoms with Crippen molar-refractivity contribution in [2.75, 3.05) is 13.1 Å². The molecule has 0 unspecified atom stereocenters. The van der Waals surface area contributed by atoms with Gasteiger partial charge >= 0.3 is 0 Å². The van der Waals surface area contributed by atoms with E-state index >= 15 is 0 Å². The molecule has 2 rings (SSSR count). The molecule has 0 spiro atoms. The van der Waals surface area contributed by atoms with E-state index in [2.05, 4.69) is 0 Å². The lowest BCUT2D eigenvalue weighted by atomic mass is 9.97. The second-order valence-electron chi connectivity index (χ2n) is 5.46. The van der Waals surface area contributed by atoms with Gasteiger partial charge in [0.25, 0.3) is 5.91 Å². The lowest BCUT2D eigenvalue weighted by molar-refractivity contribution is -0.146. The zero-order valence-electron chi connectivity index (χ0n) is 12.3. The molecule has 1 saturated heterocycles.